The molecule has 7 heteroatoms. The van der Waals surface area contributed by atoms with Gasteiger partial charge in [-0.15, -0.1) is 0 Å². The third-order valence-electron chi connectivity index (χ3n) is 6.97. The Morgan fingerprint density at radius 2 is 1.64 bits per heavy atom. The van der Waals surface area contributed by atoms with Crippen molar-refractivity contribution in [1.29, 1.82) is 0 Å². The molecule has 0 saturated carbocycles. The molecule has 198 valence electrons. The van der Waals surface area contributed by atoms with E-state index < -0.39 is 6.04 Å². The molecular formula is C32H31ClN4O2. The first kappa shape index (κ1) is 26.4. The lowest BCUT2D eigenvalue weighted by Crippen LogP contribution is -2.49. The average Bonchev–Trinajstić information content (AvgIpc) is 3.40. The summed E-state index contributed by atoms with van der Waals surface area (Å²) >= 11 is 6.05. The molecule has 1 heterocycles. The number of benzene rings is 3. The third-order valence-corrected chi connectivity index (χ3v) is 7.22. The lowest BCUT2D eigenvalue weighted by molar-refractivity contribution is -0.127. The van der Waals surface area contributed by atoms with Crippen molar-refractivity contribution in [2.24, 2.45) is 11.0 Å². The smallest absolute Gasteiger partial charge is 0.251 e. The summed E-state index contributed by atoms with van der Waals surface area (Å²) in [5.41, 5.74) is 7.80. The molecular weight excluding hydrogens is 508 g/mol. The van der Waals surface area contributed by atoms with E-state index in [1.807, 2.05) is 78.9 Å². The number of rotatable bonds is 10. The van der Waals surface area contributed by atoms with Gasteiger partial charge in [0.1, 0.15) is 6.04 Å². The fourth-order valence-electron chi connectivity index (χ4n) is 4.87. The Bertz CT molecular complexity index is 1380. The molecule has 0 spiro atoms. The van der Waals surface area contributed by atoms with Crippen LogP contribution in [0.25, 0.3) is 0 Å². The molecule has 2 aliphatic rings. The summed E-state index contributed by atoms with van der Waals surface area (Å²) in [5.74, 6) is -0.460. The lowest BCUT2D eigenvalue weighted by Gasteiger charge is -2.22. The van der Waals surface area contributed by atoms with E-state index in [4.69, 9.17) is 11.6 Å². The minimum Gasteiger partial charge on any atom is -0.354 e. The number of nitrogens with zero attached hydrogens (tertiary/aromatic N) is 1. The van der Waals surface area contributed by atoms with E-state index >= 15 is 0 Å². The maximum atomic E-state index is 13.3. The fraction of sp³-hybridized carbons (Fsp3) is 0.219. The molecule has 0 aromatic heterocycles. The van der Waals surface area contributed by atoms with Crippen molar-refractivity contribution in [3.05, 3.63) is 130 Å². The Kier molecular flexibility index (Phi) is 8.54. The molecule has 0 radical (unpaired) electrons. The van der Waals surface area contributed by atoms with E-state index in [1.54, 1.807) is 12.1 Å². The summed E-state index contributed by atoms with van der Waals surface area (Å²) in [7, 11) is 0. The van der Waals surface area contributed by atoms with Gasteiger partial charge in [0.25, 0.3) is 5.91 Å². The predicted octanol–water partition coefficient (Wildman–Crippen LogP) is 4.60. The summed E-state index contributed by atoms with van der Waals surface area (Å²) in [6, 6.07) is 26.7. The number of hydrogen-bond donors (Lipinski definition) is 3. The van der Waals surface area contributed by atoms with Crippen LogP contribution >= 0.6 is 11.6 Å². The highest BCUT2D eigenvalue weighted by molar-refractivity contribution is 6.30. The first-order valence-corrected chi connectivity index (χ1v) is 13.6. The number of amides is 2. The average molecular weight is 539 g/mol. The normalized spacial score (nSPS) is 18.3. The number of carbonyl (C=O) groups excluding carboxylic acids is 2. The molecule has 0 bridgehead atoms. The molecule has 0 fully saturated rings. The van der Waals surface area contributed by atoms with E-state index in [2.05, 4.69) is 33.3 Å². The van der Waals surface area contributed by atoms with Gasteiger partial charge in [-0.1, -0.05) is 96.5 Å². The van der Waals surface area contributed by atoms with Crippen LogP contribution in [0.1, 0.15) is 23.1 Å². The summed E-state index contributed by atoms with van der Waals surface area (Å²) in [4.78, 5) is 26.5. The van der Waals surface area contributed by atoms with Crippen LogP contribution in [0.2, 0.25) is 5.02 Å². The molecule has 3 N–H and O–H groups in total. The molecule has 0 saturated heterocycles. The predicted molar refractivity (Wildman–Crippen MR) is 155 cm³/mol. The van der Waals surface area contributed by atoms with E-state index in [9.17, 15) is 9.59 Å². The number of hydrazone groups is 1. The molecule has 6 nitrogen and oxygen atoms in total. The zero-order valence-corrected chi connectivity index (χ0v) is 22.3. The van der Waals surface area contributed by atoms with Crippen LogP contribution in [-0.4, -0.2) is 36.2 Å². The van der Waals surface area contributed by atoms with Crippen LogP contribution < -0.4 is 16.1 Å². The number of hydrogen-bond acceptors (Lipinski definition) is 4. The van der Waals surface area contributed by atoms with Crippen LogP contribution in [0.4, 0.5) is 0 Å². The number of carbonyl (C=O) groups is 2. The summed E-state index contributed by atoms with van der Waals surface area (Å²) < 4.78 is 0. The van der Waals surface area contributed by atoms with Gasteiger partial charge >= 0.3 is 0 Å². The zero-order chi connectivity index (χ0) is 27.0. The molecule has 3 unspecified atom stereocenters. The second kappa shape index (κ2) is 12.6. The molecule has 5 rings (SSSR count). The number of fused-ring (bicyclic) bond motifs is 1. The number of halogens is 1. The Balaban J connectivity index is 1.22. The van der Waals surface area contributed by atoms with Gasteiger partial charge in [-0.2, -0.15) is 5.10 Å². The van der Waals surface area contributed by atoms with Gasteiger partial charge in [-0.3, -0.25) is 9.59 Å². The van der Waals surface area contributed by atoms with Gasteiger partial charge in [-0.05, 0) is 47.7 Å². The maximum Gasteiger partial charge on any atom is 0.251 e. The SMILES string of the molecule is O=C(NC(Cc1ccc(Cl)cc1)C(=O)NCCCc1ccccc1)C1=CC2NN=C(c3ccccc3)C2C=C1. The highest BCUT2D eigenvalue weighted by atomic mass is 35.5. The van der Waals surface area contributed by atoms with E-state index in [0.29, 0.717) is 23.6 Å². The molecule has 3 aromatic rings. The Labute approximate surface area is 233 Å². The summed E-state index contributed by atoms with van der Waals surface area (Å²) in [6.07, 6.45) is 7.74. The highest BCUT2D eigenvalue weighted by Gasteiger charge is 2.33. The van der Waals surface area contributed by atoms with Crippen molar-refractivity contribution in [3.63, 3.8) is 0 Å². The molecule has 39 heavy (non-hydrogen) atoms. The summed E-state index contributed by atoms with van der Waals surface area (Å²) in [5, 5.41) is 11.1. The van der Waals surface area contributed by atoms with Crippen molar-refractivity contribution in [2.75, 3.05) is 6.54 Å². The quantitative estimate of drug-likeness (QED) is 0.330. The van der Waals surface area contributed by atoms with Crippen molar-refractivity contribution in [2.45, 2.75) is 31.3 Å². The van der Waals surface area contributed by atoms with Crippen LogP contribution in [0, 0.1) is 5.92 Å². The van der Waals surface area contributed by atoms with Crippen LogP contribution in [-0.2, 0) is 22.4 Å². The Morgan fingerprint density at radius 3 is 2.38 bits per heavy atom. The molecule has 1 aliphatic heterocycles. The molecule has 2 amide bonds. The van der Waals surface area contributed by atoms with Crippen molar-refractivity contribution >= 4 is 29.1 Å². The monoisotopic (exact) mass is 538 g/mol. The second-order valence-electron chi connectivity index (χ2n) is 9.76. The van der Waals surface area contributed by atoms with Gasteiger partial charge < -0.3 is 16.1 Å². The minimum absolute atomic E-state index is 0.0433. The number of nitrogens with one attached hydrogen (secondary N) is 3. The van der Waals surface area contributed by atoms with E-state index in [-0.39, 0.29) is 23.8 Å². The zero-order valence-electron chi connectivity index (χ0n) is 21.5. The van der Waals surface area contributed by atoms with Gasteiger partial charge in [-0.25, -0.2) is 0 Å². The van der Waals surface area contributed by atoms with Crippen LogP contribution in [0.3, 0.4) is 0 Å². The van der Waals surface area contributed by atoms with Gasteiger partial charge in [0.2, 0.25) is 5.91 Å². The first-order valence-electron chi connectivity index (χ1n) is 13.2. The lowest BCUT2D eigenvalue weighted by atomic mass is 9.86. The van der Waals surface area contributed by atoms with Crippen molar-refractivity contribution < 1.29 is 9.59 Å². The Hall–Kier alpha value is -4.16. The second-order valence-corrected chi connectivity index (χ2v) is 10.2. The topological polar surface area (TPSA) is 82.6 Å². The fourth-order valence-corrected chi connectivity index (χ4v) is 5.00. The van der Waals surface area contributed by atoms with Crippen LogP contribution in [0.5, 0.6) is 0 Å². The van der Waals surface area contributed by atoms with Gasteiger partial charge in [0.05, 0.1) is 11.8 Å². The first-order chi connectivity index (χ1) is 19.1. The highest BCUT2D eigenvalue weighted by Crippen LogP contribution is 2.26. The number of aryl methyl sites for hydroxylation is 1. The van der Waals surface area contributed by atoms with Crippen molar-refractivity contribution in [1.82, 2.24) is 16.1 Å². The maximum absolute atomic E-state index is 13.3. The molecule has 3 aromatic carbocycles. The van der Waals surface area contributed by atoms with Crippen LogP contribution in [0.15, 0.2) is 114 Å². The Morgan fingerprint density at radius 1 is 0.923 bits per heavy atom. The largest absolute Gasteiger partial charge is 0.354 e. The molecule has 3 atom stereocenters. The summed E-state index contributed by atoms with van der Waals surface area (Å²) in [6.45, 7) is 0.524. The van der Waals surface area contributed by atoms with E-state index in [1.165, 1.54) is 5.56 Å². The third kappa shape index (κ3) is 6.84. The minimum atomic E-state index is -0.727. The van der Waals surface area contributed by atoms with Crippen molar-refractivity contribution in [3.8, 4) is 0 Å². The van der Waals surface area contributed by atoms with Gasteiger partial charge in [0.15, 0.2) is 0 Å². The standard InChI is InChI=1S/C32H31ClN4O2/c33-26-16-13-23(14-17-26)20-29(32(39)34-19-7-10-22-8-3-1-4-9-22)35-31(38)25-15-18-27-28(21-25)36-37-30(27)24-11-5-2-6-12-24/h1-6,8-9,11-18,21,27-29,36H,7,10,19-20H2,(H,34,39)(H,35,38). The van der Waals surface area contributed by atoms with E-state index in [0.717, 1.165) is 29.7 Å². The molecule has 1 aliphatic carbocycles. The van der Waals surface area contributed by atoms with Gasteiger partial charge in [0, 0.05) is 29.5 Å².